The molecule has 1 unspecified atom stereocenters. The van der Waals surface area contributed by atoms with Crippen LogP contribution in [0.3, 0.4) is 0 Å². The van der Waals surface area contributed by atoms with Gasteiger partial charge in [-0.2, -0.15) is 0 Å². The summed E-state index contributed by atoms with van der Waals surface area (Å²) in [6.45, 7) is 1.72. The van der Waals surface area contributed by atoms with E-state index in [1.807, 2.05) is 0 Å². The Morgan fingerprint density at radius 2 is 2.10 bits per heavy atom. The predicted molar refractivity (Wildman–Crippen MR) is 77.6 cm³/mol. The van der Waals surface area contributed by atoms with Crippen LogP contribution in [0.1, 0.15) is 18.4 Å². The third-order valence-electron chi connectivity index (χ3n) is 3.36. The second-order valence-electron chi connectivity index (χ2n) is 4.54. The number of nitrogens with zero attached hydrogens (tertiary/aromatic N) is 1. The summed E-state index contributed by atoms with van der Waals surface area (Å²) in [7, 11) is 4.57. The molecule has 0 amide bonds. The number of hydrogen-bond donors (Lipinski definition) is 0. The van der Waals surface area contributed by atoms with Crippen LogP contribution in [0.15, 0.2) is 16.7 Å². The average molecular weight is 344 g/mol. The van der Waals surface area contributed by atoms with Gasteiger partial charge in [0.25, 0.3) is 0 Å². The highest BCUT2D eigenvalue weighted by Crippen LogP contribution is 2.40. The molecule has 4 nitrogen and oxygen atoms in total. The van der Waals surface area contributed by atoms with Gasteiger partial charge < -0.3 is 14.0 Å². The quantitative estimate of drug-likeness (QED) is 0.802. The van der Waals surface area contributed by atoms with Gasteiger partial charge in [-0.05, 0) is 34.5 Å². The molecular weight excluding hydrogens is 329 g/mol. The Balaban J connectivity index is 2.83. The van der Waals surface area contributed by atoms with Gasteiger partial charge in [-0.15, -0.1) is 0 Å². The Labute approximate surface area is 124 Å². The molecular formula is C14H15BrFNO3. The molecule has 0 aliphatic heterocycles. The van der Waals surface area contributed by atoms with E-state index in [0.29, 0.717) is 26.7 Å². The number of carbonyl (C=O) groups is 1. The SMILES string of the molecule is COC(=O)C(C)c1cn(C)c2c(F)cc(Br)c(OC)c12. The highest BCUT2D eigenvalue weighted by Gasteiger charge is 2.25. The van der Waals surface area contributed by atoms with Crippen molar-refractivity contribution in [1.82, 2.24) is 4.57 Å². The second-order valence-corrected chi connectivity index (χ2v) is 5.39. The number of esters is 1. The lowest BCUT2D eigenvalue weighted by Crippen LogP contribution is -2.10. The summed E-state index contributed by atoms with van der Waals surface area (Å²) < 4.78 is 26.4. The lowest BCUT2D eigenvalue weighted by molar-refractivity contribution is -0.141. The first-order valence-corrected chi connectivity index (χ1v) is 6.80. The van der Waals surface area contributed by atoms with Crippen LogP contribution in [0.5, 0.6) is 5.75 Å². The number of benzene rings is 1. The van der Waals surface area contributed by atoms with Crippen LogP contribution < -0.4 is 4.74 Å². The zero-order valence-corrected chi connectivity index (χ0v) is 13.2. The first-order chi connectivity index (χ1) is 9.42. The normalized spacial score (nSPS) is 12.5. The van der Waals surface area contributed by atoms with Crippen LogP contribution in [0.4, 0.5) is 4.39 Å². The molecule has 0 aliphatic rings. The summed E-state index contributed by atoms with van der Waals surface area (Å²) in [6, 6.07) is 1.35. The van der Waals surface area contributed by atoms with Crippen molar-refractivity contribution < 1.29 is 18.7 Å². The fourth-order valence-corrected chi connectivity index (χ4v) is 2.93. The number of aryl methyl sites for hydroxylation is 1. The fraction of sp³-hybridized carbons (Fsp3) is 0.357. The van der Waals surface area contributed by atoms with Gasteiger partial charge in [0.2, 0.25) is 0 Å². The molecule has 2 aromatic rings. The summed E-state index contributed by atoms with van der Waals surface area (Å²) in [6.07, 6.45) is 1.73. The van der Waals surface area contributed by atoms with Crippen molar-refractivity contribution in [3.8, 4) is 5.75 Å². The molecule has 0 saturated carbocycles. The molecule has 0 bridgehead atoms. The summed E-state index contributed by atoms with van der Waals surface area (Å²) >= 11 is 3.28. The first kappa shape index (κ1) is 14.8. The minimum absolute atomic E-state index is 0.375. The molecule has 1 aromatic carbocycles. The Morgan fingerprint density at radius 1 is 1.45 bits per heavy atom. The van der Waals surface area contributed by atoms with Crippen LogP contribution >= 0.6 is 15.9 Å². The number of fused-ring (bicyclic) bond motifs is 1. The maximum Gasteiger partial charge on any atom is 0.312 e. The Morgan fingerprint density at radius 3 is 2.65 bits per heavy atom. The number of halogens is 2. The van der Waals surface area contributed by atoms with Gasteiger partial charge in [0, 0.05) is 18.6 Å². The van der Waals surface area contributed by atoms with Gasteiger partial charge in [-0.3, -0.25) is 4.79 Å². The van der Waals surface area contributed by atoms with Crippen molar-refractivity contribution in [3.63, 3.8) is 0 Å². The van der Waals surface area contributed by atoms with E-state index in [1.54, 1.807) is 24.7 Å². The monoisotopic (exact) mass is 343 g/mol. The molecule has 6 heteroatoms. The van der Waals surface area contributed by atoms with Crippen molar-refractivity contribution in [2.45, 2.75) is 12.8 Å². The average Bonchev–Trinajstić information content (AvgIpc) is 2.75. The van der Waals surface area contributed by atoms with E-state index in [1.165, 1.54) is 20.3 Å². The predicted octanol–water partition coefficient (Wildman–Crippen LogP) is 3.37. The van der Waals surface area contributed by atoms with E-state index in [9.17, 15) is 9.18 Å². The molecule has 1 heterocycles. The summed E-state index contributed by atoms with van der Waals surface area (Å²) in [5.41, 5.74) is 1.07. The van der Waals surface area contributed by atoms with Crippen molar-refractivity contribution >= 4 is 32.8 Å². The lowest BCUT2D eigenvalue weighted by atomic mass is 10.00. The zero-order chi connectivity index (χ0) is 15.0. The lowest BCUT2D eigenvalue weighted by Gasteiger charge is -2.11. The van der Waals surface area contributed by atoms with E-state index < -0.39 is 5.92 Å². The smallest absolute Gasteiger partial charge is 0.312 e. The molecule has 1 atom stereocenters. The summed E-state index contributed by atoms with van der Waals surface area (Å²) in [4.78, 5) is 11.8. The molecule has 0 aliphatic carbocycles. The largest absolute Gasteiger partial charge is 0.495 e. The van der Waals surface area contributed by atoms with E-state index in [4.69, 9.17) is 9.47 Å². The van der Waals surface area contributed by atoms with Crippen molar-refractivity contribution in [2.75, 3.05) is 14.2 Å². The maximum atomic E-state index is 14.2. The van der Waals surface area contributed by atoms with Crippen molar-refractivity contribution in [3.05, 3.63) is 28.1 Å². The van der Waals surface area contributed by atoms with Crippen molar-refractivity contribution in [1.29, 1.82) is 0 Å². The van der Waals surface area contributed by atoms with Crippen LogP contribution in [0, 0.1) is 5.82 Å². The number of hydrogen-bond acceptors (Lipinski definition) is 3. The van der Waals surface area contributed by atoms with Gasteiger partial charge in [0.15, 0.2) is 0 Å². The first-order valence-electron chi connectivity index (χ1n) is 6.01. The molecule has 1 aromatic heterocycles. The number of rotatable bonds is 3. The molecule has 108 valence electrons. The zero-order valence-electron chi connectivity index (χ0n) is 11.7. The van der Waals surface area contributed by atoms with Gasteiger partial charge in [0.05, 0.1) is 30.1 Å². The Kier molecular flexibility index (Phi) is 4.04. The summed E-state index contributed by atoms with van der Waals surface area (Å²) in [5, 5.41) is 0.583. The molecule has 0 fully saturated rings. The number of methoxy groups -OCH3 is 2. The topological polar surface area (TPSA) is 40.5 Å². The van der Waals surface area contributed by atoms with Gasteiger partial charge in [-0.1, -0.05) is 0 Å². The molecule has 0 radical (unpaired) electrons. The van der Waals surface area contributed by atoms with Crippen LogP contribution in [-0.4, -0.2) is 24.8 Å². The van der Waals surface area contributed by atoms with Crippen LogP contribution in [-0.2, 0) is 16.6 Å². The second kappa shape index (κ2) is 5.44. The highest BCUT2D eigenvalue weighted by molar-refractivity contribution is 9.10. The molecule has 2 rings (SSSR count). The molecule has 20 heavy (non-hydrogen) atoms. The van der Waals surface area contributed by atoms with E-state index in [2.05, 4.69) is 15.9 Å². The minimum Gasteiger partial charge on any atom is -0.495 e. The minimum atomic E-state index is -0.508. The van der Waals surface area contributed by atoms with Gasteiger partial charge in [0.1, 0.15) is 11.6 Å². The van der Waals surface area contributed by atoms with Gasteiger partial charge in [-0.25, -0.2) is 4.39 Å². The highest BCUT2D eigenvalue weighted by atomic mass is 79.9. The standard InChI is InChI=1S/C14H15BrFNO3/c1-7(14(18)20-4)8-6-17(2)12-10(16)5-9(15)13(19-3)11(8)12/h5-7H,1-4H3. The number of carbonyl (C=O) groups excluding carboxylic acids is 1. The van der Waals surface area contributed by atoms with Crippen LogP contribution in [0.25, 0.3) is 10.9 Å². The fourth-order valence-electron chi connectivity index (χ4n) is 2.37. The third kappa shape index (κ3) is 2.18. The van der Waals surface area contributed by atoms with Crippen molar-refractivity contribution in [2.24, 2.45) is 7.05 Å². The summed E-state index contributed by atoms with van der Waals surface area (Å²) in [5.74, 6) is -0.752. The maximum absolute atomic E-state index is 14.2. The van der Waals surface area contributed by atoms with Gasteiger partial charge >= 0.3 is 5.97 Å². The third-order valence-corrected chi connectivity index (χ3v) is 3.95. The molecule has 0 saturated heterocycles. The van der Waals surface area contributed by atoms with E-state index in [-0.39, 0.29) is 11.8 Å². The van der Waals surface area contributed by atoms with E-state index in [0.717, 1.165) is 0 Å². The Hall–Kier alpha value is -1.56. The van der Waals surface area contributed by atoms with E-state index >= 15 is 0 Å². The number of ether oxygens (including phenoxy) is 2. The number of aromatic nitrogens is 1. The van der Waals surface area contributed by atoms with Crippen LogP contribution in [0.2, 0.25) is 0 Å². The molecule has 0 spiro atoms. The Bertz CT molecular complexity index is 681. The molecule has 0 N–H and O–H groups in total.